The largest absolute Gasteiger partial charge is 0.504 e. The standard InChI is InChI=1S/C17H20NO6P/c1-3-24-25-5-4-18-17(23)11-7-10-6-9(2)14(20)16(22)13(10)15(21)12(19)8-11/h6-8,20,22,25H,3-5H2,1-2H3,(H,18,23)(H,19,21). The highest BCUT2D eigenvalue weighted by Crippen LogP contribution is 2.39. The first kappa shape index (κ1) is 19.0. The van der Waals surface area contributed by atoms with Crippen molar-refractivity contribution < 1.29 is 24.6 Å². The molecule has 0 radical (unpaired) electrons. The highest BCUT2D eigenvalue weighted by atomic mass is 31.1. The van der Waals surface area contributed by atoms with Crippen LogP contribution < -0.4 is 10.7 Å². The quantitative estimate of drug-likeness (QED) is 0.353. The molecule has 0 saturated heterocycles. The number of aryl methyl sites for hydroxylation is 1. The average molecular weight is 365 g/mol. The second kappa shape index (κ2) is 8.14. The SMILES string of the molecule is CCOPCCNC(=O)c1cc(=O)c(O)c2c(O)c(O)c(C)cc2c1. The molecule has 4 N–H and O–H groups in total. The zero-order valence-corrected chi connectivity index (χ0v) is 14.9. The van der Waals surface area contributed by atoms with Crippen LogP contribution in [-0.4, -0.2) is 40.5 Å². The maximum absolute atomic E-state index is 12.3. The predicted molar refractivity (Wildman–Crippen MR) is 97.1 cm³/mol. The summed E-state index contributed by atoms with van der Waals surface area (Å²) in [4.78, 5) is 24.4. The Morgan fingerprint density at radius 2 is 1.88 bits per heavy atom. The van der Waals surface area contributed by atoms with E-state index in [1.54, 1.807) is 6.92 Å². The van der Waals surface area contributed by atoms with E-state index in [-0.39, 0.29) is 25.1 Å². The number of phenols is 2. The van der Waals surface area contributed by atoms with Crippen molar-refractivity contribution in [3.8, 4) is 17.2 Å². The van der Waals surface area contributed by atoms with Gasteiger partial charge in [0.2, 0.25) is 5.43 Å². The summed E-state index contributed by atoms with van der Waals surface area (Å²) in [6, 6.07) is 3.88. The molecule has 0 aliphatic carbocycles. The summed E-state index contributed by atoms with van der Waals surface area (Å²) in [7, 11) is 0.280. The molecule has 0 bridgehead atoms. The Bertz CT molecular complexity index is 868. The lowest BCUT2D eigenvalue weighted by molar-refractivity contribution is 0.0956. The smallest absolute Gasteiger partial charge is 0.251 e. The molecule has 0 saturated carbocycles. The summed E-state index contributed by atoms with van der Waals surface area (Å²) in [5.74, 6) is -2.21. The number of hydrogen-bond acceptors (Lipinski definition) is 6. The topological polar surface area (TPSA) is 116 Å². The van der Waals surface area contributed by atoms with Gasteiger partial charge in [-0.2, -0.15) is 0 Å². The highest BCUT2D eigenvalue weighted by Gasteiger charge is 2.16. The van der Waals surface area contributed by atoms with Crippen LogP contribution in [0, 0.1) is 6.92 Å². The Labute approximate surface area is 146 Å². The molecule has 1 atom stereocenters. The number of amides is 1. The molecule has 8 heteroatoms. The number of nitrogens with one attached hydrogen (secondary N) is 1. The lowest BCUT2D eigenvalue weighted by Crippen LogP contribution is -2.25. The van der Waals surface area contributed by atoms with Crippen LogP contribution in [0.25, 0.3) is 10.8 Å². The molecule has 2 aromatic carbocycles. The number of carbonyl (C=O) groups excluding carboxylic acids is 1. The Balaban J connectivity index is 2.43. The van der Waals surface area contributed by atoms with Crippen LogP contribution in [0.1, 0.15) is 22.8 Å². The van der Waals surface area contributed by atoms with Gasteiger partial charge in [0.1, 0.15) is 0 Å². The third-order valence-corrected chi connectivity index (χ3v) is 4.53. The van der Waals surface area contributed by atoms with Gasteiger partial charge in [-0.1, -0.05) is 0 Å². The normalized spacial score (nSPS) is 11.3. The van der Waals surface area contributed by atoms with E-state index in [1.165, 1.54) is 12.1 Å². The van der Waals surface area contributed by atoms with E-state index >= 15 is 0 Å². The van der Waals surface area contributed by atoms with Crippen LogP contribution in [0.4, 0.5) is 0 Å². The molecule has 0 aromatic heterocycles. The number of aromatic hydroxyl groups is 3. The summed E-state index contributed by atoms with van der Waals surface area (Å²) < 4.78 is 5.21. The van der Waals surface area contributed by atoms with Gasteiger partial charge in [0.15, 0.2) is 17.2 Å². The fourth-order valence-corrected chi connectivity index (χ4v) is 2.93. The van der Waals surface area contributed by atoms with Gasteiger partial charge in [-0.25, -0.2) is 0 Å². The molecule has 1 amide bonds. The average Bonchev–Trinajstić information content (AvgIpc) is 2.69. The number of fused-ring (bicyclic) bond motifs is 1. The molecule has 25 heavy (non-hydrogen) atoms. The molecule has 7 nitrogen and oxygen atoms in total. The van der Waals surface area contributed by atoms with Gasteiger partial charge < -0.3 is 25.2 Å². The molecular formula is C17H20NO6P. The van der Waals surface area contributed by atoms with Gasteiger partial charge in [0, 0.05) is 39.8 Å². The van der Waals surface area contributed by atoms with Gasteiger partial charge in [-0.3, -0.25) is 9.59 Å². The second-order valence-corrected chi connectivity index (χ2v) is 6.47. The molecular weight excluding hydrogens is 345 g/mol. The molecule has 0 heterocycles. The van der Waals surface area contributed by atoms with E-state index in [0.717, 1.165) is 6.07 Å². The number of phenolic OH excluding ortho intramolecular Hbond substituents is 2. The third-order valence-electron chi connectivity index (χ3n) is 3.58. The molecule has 2 aromatic rings. The summed E-state index contributed by atoms with van der Waals surface area (Å²) in [5.41, 5.74) is -0.415. The number of hydrogen-bond donors (Lipinski definition) is 4. The maximum Gasteiger partial charge on any atom is 0.251 e. The van der Waals surface area contributed by atoms with Crippen molar-refractivity contribution in [2.75, 3.05) is 19.3 Å². The molecule has 1 unspecified atom stereocenters. The van der Waals surface area contributed by atoms with E-state index < -0.39 is 28.6 Å². The van der Waals surface area contributed by atoms with E-state index in [9.17, 15) is 24.9 Å². The van der Waals surface area contributed by atoms with Gasteiger partial charge in [-0.15, -0.1) is 0 Å². The van der Waals surface area contributed by atoms with Crippen molar-refractivity contribution in [1.29, 1.82) is 0 Å². The molecule has 0 aliphatic heterocycles. The number of rotatable bonds is 6. The number of carbonyl (C=O) groups is 1. The monoisotopic (exact) mass is 365 g/mol. The number of benzene rings is 1. The Morgan fingerprint density at radius 1 is 1.16 bits per heavy atom. The van der Waals surface area contributed by atoms with Crippen LogP contribution in [-0.2, 0) is 4.52 Å². The molecule has 0 aliphatic rings. The van der Waals surface area contributed by atoms with Crippen LogP contribution >= 0.6 is 8.81 Å². The summed E-state index contributed by atoms with van der Waals surface area (Å²) >= 11 is 0. The molecule has 0 spiro atoms. The first-order chi connectivity index (χ1) is 11.9. The predicted octanol–water partition coefficient (Wildman–Crippen LogP) is 1.99. The minimum atomic E-state index is -0.824. The minimum absolute atomic E-state index is 0.0551. The second-order valence-electron chi connectivity index (χ2n) is 5.40. The van der Waals surface area contributed by atoms with E-state index in [2.05, 4.69) is 5.32 Å². The van der Waals surface area contributed by atoms with Gasteiger partial charge in [0.05, 0.1) is 5.39 Å². The van der Waals surface area contributed by atoms with E-state index in [4.69, 9.17) is 4.52 Å². The Kier molecular flexibility index (Phi) is 6.17. The highest BCUT2D eigenvalue weighted by molar-refractivity contribution is 7.32. The zero-order chi connectivity index (χ0) is 18.6. The molecule has 0 fully saturated rings. The van der Waals surface area contributed by atoms with Gasteiger partial charge >= 0.3 is 0 Å². The lowest BCUT2D eigenvalue weighted by atomic mass is 10.1. The first-order valence-corrected chi connectivity index (χ1v) is 8.83. The fraction of sp³-hybridized carbons (Fsp3) is 0.294. The van der Waals surface area contributed by atoms with Crippen molar-refractivity contribution in [1.82, 2.24) is 5.32 Å². The van der Waals surface area contributed by atoms with E-state index in [1.807, 2.05) is 6.92 Å². The van der Waals surface area contributed by atoms with Gasteiger partial charge in [-0.05, 0) is 36.9 Å². The Hall–Kier alpha value is -2.37. The lowest BCUT2D eigenvalue weighted by Gasteiger charge is -2.06. The summed E-state index contributed by atoms with van der Waals surface area (Å²) in [5, 5.41) is 32.7. The van der Waals surface area contributed by atoms with Crippen LogP contribution in [0.3, 0.4) is 0 Å². The van der Waals surface area contributed by atoms with Crippen molar-refractivity contribution in [3.05, 3.63) is 39.5 Å². The van der Waals surface area contributed by atoms with E-state index in [0.29, 0.717) is 24.9 Å². The van der Waals surface area contributed by atoms with Crippen molar-refractivity contribution in [2.45, 2.75) is 13.8 Å². The summed E-state index contributed by atoms with van der Waals surface area (Å²) in [6.45, 7) is 4.45. The molecule has 2 rings (SSSR count). The third kappa shape index (κ3) is 4.18. The van der Waals surface area contributed by atoms with Crippen molar-refractivity contribution in [3.63, 3.8) is 0 Å². The van der Waals surface area contributed by atoms with Crippen molar-refractivity contribution in [2.24, 2.45) is 0 Å². The zero-order valence-electron chi connectivity index (χ0n) is 13.9. The minimum Gasteiger partial charge on any atom is -0.504 e. The fourth-order valence-electron chi connectivity index (χ4n) is 2.35. The van der Waals surface area contributed by atoms with Gasteiger partial charge in [0.25, 0.3) is 5.91 Å². The van der Waals surface area contributed by atoms with Crippen molar-refractivity contribution >= 4 is 25.5 Å². The molecule has 134 valence electrons. The Morgan fingerprint density at radius 3 is 2.56 bits per heavy atom. The van der Waals surface area contributed by atoms with Crippen LogP contribution in [0.2, 0.25) is 0 Å². The summed E-state index contributed by atoms with van der Waals surface area (Å²) in [6.07, 6.45) is 0.655. The van der Waals surface area contributed by atoms with Crippen LogP contribution in [0.5, 0.6) is 17.2 Å². The van der Waals surface area contributed by atoms with Crippen LogP contribution in [0.15, 0.2) is 23.0 Å². The maximum atomic E-state index is 12.3. The first-order valence-electron chi connectivity index (χ1n) is 7.72.